The van der Waals surface area contributed by atoms with Gasteiger partial charge in [-0.2, -0.15) is 0 Å². The predicted octanol–water partition coefficient (Wildman–Crippen LogP) is 1.53. The number of amides is 3. The molecule has 0 spiro atoms. The maximum Gasteiger partial charge on any atom is 0.409 e. The second kappa shape index (κ2) is 8.52. The van der Waals surface area contributed by atoms with Gasteiger partial charge in [0, 0.05) is 37.8 Å². The van der Waals surface area contributed by atoms with Crippen molar-refractivity contribution >= 4 is 34.6 Å². The average Bonchev–Trinajstić information content (AvgIpc) is 3.17. The highest BCUT2D eigenvalue weighted by Gasteiger charge is 2.31. The summed E-state index contributed by atoms with van der Waals surface area (Å²) in [5.74, 6) is -3.04. The number of halogens is 1. The molecule has 0 bridgehead atoms. The molecule has 3 rings (SSSR count). The van der Waals surface area contributed by atoms with E-state index in [1.165, 1.54) is 22.1 Å². The smallest absolute Gasteiger partial charge is 0.409 e. The molecule has 2 aromatic rings. The number of aromatic nitrogens is 1. The number of nitrogens with one attached hydrogen (secondary N) is 1. The lowest BCUT2D eigenvalue weighted by Gasteiger charge is -2.33. The van der Waals surface area contributed by atoms with Gasteiger partial charge in [-0.25, -0.2) is 9.18 Å². The van der Waals surface area contributed by atoms with Crippen molar-refractivity contribution in [1.29, 1.82) is 0 Å². The maximum atomic E-state index is 14.4. The Morgan fingerprint density at radius 3 is 2.33 bits per heavy atom. The van der Waals surface area contributed by atoms with Crippen molar-refractivity contribution in [3.8, 4) is 0 Å². The fourth-order valence-electron chi connectivity index (χ4n) is 3.27. The number of primary amides is 1. The molecular formula is C20H23FN4O5. The van der Waals surface area contributed by atoms with Crippen LogP contribution in [-0.4, -0.2) is 71.3 Å². The quantitative estimate of drug-likeness (QED) is 0.563. The number of fused-ring (bicyclic) bond motifs is 1. The number of aromatic amines is 1. The molecule has 3 amide bonds. The van der Waals surface area contributed by atoms with Gasteiger partial charge in [0.05, 0.1) is 23.3 Å². The molecule has 1 aliphatic rings. The van der Waals surface area contributed by atoms with Gasteiger partial charge >= 0.3 is 6.09 Å². The molecule has 10 heteroatoms. The Hall–Kier alpha value is -3.43. The van der Waals surface area contributed by atoms with E-state index in [0.717, 1.165) is 6.07 Å². The highest BCUT2D eigenvalue weighted by atomic mass is 19.1. The van der Waals surface area contributed by atoms with Crippen LogP contribution in [0.2, 0.25) is 0 Å². The Bertz CT molecular complexity index is 1010. The average molecular weight is 418 g/mol. The van der Waals surface area contributed by atoms with Crippen LogP contribution in [0, 0.1) is 11.7 Å². The zero-order chi connectivity index (χ0) is 22.0. The Labute approximate surface area is 171 Å². The van der Waals surface area contributed by atoms with Crippen molar-refractivity contribution in [3.05, 3.63) is 35.3 Å². The summed E-state index contributed by atoms with van der Waals surface area (Å²) in [6, 6.07) is 2.24. The lowest BCUT2D eigenvalue weighted by Crippen LogP contribution is -2.52. The minimum atomic E-state index is -0.905. The van der Waals surface area contributed by atoms with E-state index >= 15 is 0 Å². The highest BCUT2D eigenvalue weighted by Crippen LogP contribution is 2.26. The van der Waals surface area contributed by atoms with E-state index in [1.807, 2.05) is 13.8 Å². The number of ether oxygens (including phenoxy) is 1. The van der Waals surface area contributed by atoms with Crippen LogP contribution >= 0.6 is 0 Å². The van der Waals surface area contributed by atoms with Gasteiger partial charge in [0.25, 0.3) is 17.6 Å². The number of Topliss-reactive ketones (excluding diaryl/α,β-unsaturated/α-hetero) is 1. The summed E-state index contributed by atoms with van der Waals surface area (Å²) in [6.07, 6.45) is 0.736. The number of hydrogen-bond acceptors (Lipinski definition) is 5. The van der Waals surface area contributed by atoms with E-state index in [-0.39, 0.29) is 54.1 Å². The zero-order valence-corrected chi connectivity index (χ0v) is 16.7. The molecule has 1 aromatic heterocycles. The molecule has 160 valence electrons. The van der Waals surface area contributed by atoms with Crippen LogP contribution < -0.4 is 5.73 Å². The molecule has 1 saturated heterocycles. The number of carbonyl (C=O) groups is 4. The van der Waals surface area contributed by atoms with Gasteiger partial charge in [0.1, 0.15) is 5.82 Å². The van der Waals surface area contributed by atoms with Gasteiger partial charge in [-0.1, -0.05) is 13.8 Å². The van der Waals surface area contributed by atoms with Crippen molar-refractivity contribution in [2.45, 2.75) is 13.8 Å². The number of nitrogens with two attached hydrogens (primary N) is 1. The molecular weight excluding hydrogens is 395 g/mol. The Morgan fingerprint density at radius 2 is 1.73 bits per heavy atom. The topological polar surface area (TPSA) is 126 Å². The summed E-state index contributed by atoms with van der Waals surface area (Å²) in [4.78, 5) is 54.4. The van der Waals surface area contributed by atoms with Gasteiger partial charge in [-0.15, -0.1) is 0 Å². The third-order valence-corrected chi connectivity index (χ3v) is 4.85. The fourth-order valence-corrected chi connectivity index (χ4v) is 3.27. The first-order chi connectivity index (χ1) is 14.2. The first kappa shape index (κ1) is 21.3. The van der Waals surface area contributed by atoms with Gasteiger partial charge in [0.15, 0.2) is 0 Å². The van der Waals surface area contributed by atoms with E-state index in [0.29, 0.717) is 6.61 Å². The Balaban J connectivity index is 1.72. The first-order valence-electron chi connectivity index (χ1n) is 9.55. The van der Waals surface area contributed by atoms with Crippen LogP contribution in [0.15, 0.2) is 18.3 Å². The fraction of sp³-hybridized carbons (Fsp3) is 0.400. The molecule has 3 N–H and O–H groups in total. The minimum absolute atomic E-state index is 0.0198. The molecule has 0 atom stereocenters. The van der Waals surface area contributed by atoms with Gasteiger partial charge < -0.3 is 25.3 Å². The second-order valence-electron chi connectivity index (χ2n) is 7.49. The number of carbonyl (C=O) groups excluding carboxylic acids is 4. The third-order valence-electron chi connectivity index (χ3n) is 4.85. The van der Waals surface area contributed by atoms with Crippen LogP contribution in [0.3, 0.4) is 0 Å². The van der Waals surface area contributed by atoms with E-state index < -0.39 is 29.5 Å². The summed E-state index contributed by atoms with van der Waals surface area (Å²) < 4.78 is 19.5. The molecule has 0 saturated carbocycles. The Morgan fingerprint density at radius 1 is 1.10 bits per heavy atom. The van der Waals surface area contributed by atoms with Crippen LogP contribution in [0.4, 0.5) is 9.18 Å². The summed E-state index contributed by atoms with van der Waals surface area (Å²) >= 11 is 0. The maximum absolute atomic E-state index is 14.4. The van der Waals surface area contributed by atoms with E-state index in [9.17, 15) is 23.6 Å². The van der Waals surface area contributed by atoms with E-state index in [4.69, 9.17) is 10.5 Å². The number of H-pyrrole nitrogens is 1. The van der Waals surface area contributed by atoms with Gasteiger partial charge in [-0.05, 0) is 18.1 Å². The molecule has 2 heterocycles. The molecule has 9 nitrogen and oxygen atoms in total. The monoisotopic (exact) mass is 418 g/mol. The number of piperazine rings is 1. The standard InChI is InChI=1S/C20H23FN4O5/c1-11(2)10-30-20(29)25-7-5-24(6-8-25)19(28)17(26)13-9-23-16-12(18(22)27)3-4-14(21)15(13)16/h3-4,9,11,23H,5-8,10H2,1-2H3,(H2,22,27). The predicted molar refractivity (Wildman–Crippen MR) is 105 cm³/mol. The minimum Gasteiger partial charge on any atom is -0.449 e. The van der Waals surface area contributed by atoms with Crippen LogP contribution in [0.5, 0.6) is 0 Å². The Kier molecular flexibility index (Phi) is 6.04. The third kappa shape index (κ3) is 4.12. The molecule has 0 radical (unpaired) electrons. The molecule has 1 aliphatic heterocycles. The number of hydrogen-bond donors (Lipinski definition) is 2. The summed E-state index contributed by atoms with van der Waals surface area (Å²) in [5.41, 5.74) is 5.20. The molecule has 1 fully saturated rings. The van der Waals surface area contributed by atoms with Crippen molar-refractivity contribution in [2.75, 3.05) is 32.8 Å². The lowest BCUT2D eigenvalue weighted by atomic mass is 10.0. The molecule has 0 unspecified atom stereocenters. The molecule has 30 heavy (non-hydrogen) atoms. The van der Waals surface area contributed by atoms with Crippen molar-refractivity contribution in [1.82, 2.24) is 14.8 Å². The van der Waals surface area contributed by atoms with Crippen molar-refractivity contribution in [2.24, 2.45) is 11.7 Å². The largest absolute Gasteiger partial charge is 0.449 e. The summed E-state index contributed by atoms with van der Waals surface area (Å²) in [5, 5.41) is -0.152. The zero-order valence-electron chi connectivity index (χ0n) is 16.7. The van der Waals surface area contributed by atoms with Crippen LogP contribution in [0.1, 0.15) is 34.6 Å². The number of ketones is 1. The normalized spacial score (nSPS) is 14.3. The number of nitrogens with zero attached hydrogens (tertiary/aromatic N) is 2. The number of rotatable bonds is 5. The first-order valence-corrected chi connectivity index (χ1v) is 9.55. The van der Waals surface area contributed by atoms with Gasteiger partial charge in [-0.3, -0.25) is 14.4 Å². The summed E-state index contributed by atoms with van der Waals surface area (Å²) in [6.45, 7) is 4.91. The van der Waals surface area contributed by atoms with Crippen molar-refractivity contribution < 1.29 is 28.3 Å². The molecule has 0 aliphatic carbocycles. The SMILES string of the molecule is CC(C)COC(=O)N1CCN(C(=O)C(=O)c2c[nH]c3c(C(N)=O)ccc(F)c23)CC1. The van der Waals surface area contributed by atoms with E-state index in [2.05, 4.69) is 4.98 Å². The second-order valence-corrected chi connectivity index (χ2v) is 7.49. The van der Waals surface area contributed by atoms with Crippen LogP contribution in [-0.2, 0) is 9.53 Å². The van der Waals surface area contributed by atoms with Crippen molar-refractivity contribution in [3.63, 3.8) is 0 Å². The molecule has 1 aromatic carbocycles. The highest BCUT2D eigenvalue weighted by molar-refractivity contribution is 6.45. The van der Waals surface area contributed by atoms with Crippen LogP contribution in [0.25, 0.3) is 10.9 Å². The number of benzene rings is 1. The van der Waals surface area contributed by atoms with Gasteiger partial charge in [0.2, 0.25) is 0 Å². The van der Waals surface area contributed by atoms with E-state index in [1.54, 1.807) is 0 Å². The lowest BCUT2D eigenvalue weighted by molar-refractivity contribution is -0.128. The summed E-state index contributed by atoms with van der Waals surface area (Å²) in [7, 11) is 0.